The Kier molecular flexibility index (Phi) is 15.1. The molecule has 0 aromatic carbocycles. The van der Waals surface area contributed by atoms with Crippen molar-refractivity contribution in [1.29, 1.82) is 10.8 Å². The summed E-state index contributed by atoms with van der Waals surface area (Å²) >= 11 is 0. The molecule has 0 aliphatic carbocycles. The van der Waals surface area contributed by atoms with Crippen LogP contribution in [0, 0.1) is 10.8 Å². The average molecular weight is 346 g/mol. The number of guanidine groups is 2. The standard InChI is InChI=1S/2C5H13N3.C4H4O4/c2*1-7(2)5(6)8(3)4;5-3(6)1-2-4(7)8/h2*6H,1-4H3;1-2H,(H,5,6)(H,7,8). The molecule has 0 spiro atoms. The van der Waals surface area contributed by atoms with Crippen LogP contribution in [0.15, 0.2) is 12.2 Å². The normalized spacial score (nSPS) is 8.83. The van der Waals surface area contributed by atoms with E-state index >= 15 is 0 Å². The lowest BCUT2D eigenvalue weighted by Crippen LogP contribution is -2.34. The summed E-state index contributed by atoms with van der Waals surface area (Å²) in [5.74, 6) is -1.48. The molecule has 24 heavy (non-hydrogen) atoms. The van der Waals surface area contributed by atoms with E-state index in [1.807, 2.05) is 56.4 Å². The molecule has 0 amide bonds. The third-order valence-corrected chi connectivity index (χ3v) is 2.06. The van der Waals surface area contributed by atoms with Crippen LogP contribution < -0.4 is 0 Å². The molecular weight excluding hydrogens is 316 g/mol. The summed E-state index contributed by atoms with van der Waals surface area (Å²) in [6, 6.07) is 0. The number of hydrogen-bond donors (Lipinski definition) is 4. The predicted octanol–water partition coefficient (Wildman–Crippen LogP) is -0.199. The van der Waals surface area contributed by atoms with E-state index in [0.717, 1.165) is 0 Å². The Labute approximate surface area is 143 Å². The Balaban J connectivity index is -0.000000276. The summed E-state index contributed by atoms with van der Waals surface area (Å²) in [7, 11) is 14.8. The molecule has 10 heteroatoms. The van der Waals surface area contributed by atoms with Crippen molar-refractivity contribution in [3.05, 3.63) is 12.2 Å². The Hall–Kier alpha value is -2.78. The number of hydrogen-bond acceptors (Lipinski definition) is 4. The van der Waals surface area contributed by atoms with E-state index in [2.05, 4.69) is 0 Å². The van der Waals surface area contributed by atoms with Gasteiger partial charge in [-0.25, -0.2) is 9.59 Å². The van der Waals surface area contributed by atoms with Crippen molar-refractivity contribution in [3.8, 4) is 0 Å². The number of nitrogens with zero attached hydrogens (tertiary/aromatic N) is 4. The van der Waals surface area contributed by atoms with Crippen molar-refractivity contribution in [2.75, 3.05) is 56.4 Å². The van der Waals surface area contributed by atoms with Gasteiger partial charge < -0.3 is 29.8 Å². The molecule has 0 heterocycles. The number of carboxylic acid groups (broad SMARTS) is 2. The maximum atomic E-state index is 9.55. The van der Waals surface area contributed by atoms with Crippen LogP contribution in [0.2, 0.25) is 0 Å². The zero-order valence-corrected chi connectivity index (χ0v) is 15.7. The SMILES string of the molecule is CN(C)C(=N)N(C)C.CN(C)C(=N)N(C)C.O=C(O)C=CC(=O)O. The van der Waals surface area contributed by atoms with Gasteiger partial charge in [0.2, 0.25) is 0 Å². The van der Waals surface area contributed by atoms with Crippen LogP contribution in [-0.2, 0) is 9.59 Å². The summed E-state index contributed by atoms with van der Waals surface area (Å²) < 4.78 is 0. The van der Waals surface area contributed by atoms with Crippen LogP contribution in [0.5, 0.6) is 0 Å². The topological polar surface area (TPSA) is 135 Å². The van der Waals surface area contributed by atoms with Crippen molar-refractivity contribution < 1.29 is 19.8 Å². The van der Waals surface area contributed by atoms with Crippen molar-refractivity contribution in [2.24, 2.45) is 0 Å². The van der Waals surface area contributed by atoms with E-state index in [0.29, 0.717) is 24.1 Å². The van der Waals surface area contributed by atoms with E-state index in [4.69, 9.17) is 21.0 Å². The minimum atomic E-state index is -1.26. The second-order valence-electron chi connectivity index (χ2n) is 5.23. The highest BCUT2D eigenvalue weighted by Crippen LogP contribution is 1.81. The number of aliphatic carboxylic acids is 2. The molecule has 0 saturated heterocycles. The Morgan fingerprint density at radius 3 is 0.833 bits per heavy atom. The minimum absolute atomic E-state index is 0.519. The van der Waals surface area contributed by atoms with Crippen molar-refractivity contribution in [2.45, 2.75) is 0 Å². The van der Waals surface area contributed by atoms with Crippen LogP contribution in [0.3, 0.4) is 0 Å². The van der Waals surface area contributed by atoms with Crippen LogP contribution in [0.25, 0.3) is 0 Å². The molecule has 0 rings (SSSR count). The zero-order valence-electron chi connectivity index (χ0n) is 15.7. The summed E-state index contributed by atoms with van der Waals surface area (Å²) in [4.78, 5) is 26.1. The zero-order chi connectivity index (χ0) is 20.0. The molecule has 0 fully saturated rings. The Morgan fingerprint density at radius 1 is 0.625 bits per heavy atom. The highest BCUT2D eigenvalue weighted by molar-refractivity contribution is 5.89. The molecule has 0 aromatic rings. The van der Waals surface area contributed by atoms with Gasteiger partial charge in [-0.15, -0.1) is 0 Å². The fraction of sp³-hybridized carbons (Fsp3) is 0.571. The Morgan fingerprint density at radius 2 is 0.792 bits per heavy atom. The molecule has 140 valence electrons. The summed E-state index contributed by atoms with van der Waals surface area (Å²) in [5, 5.41) is 30.1. The lowest BCUT2D eigenvalue weighted by molar-refractivity contribution is -0.134. The van der Waals surface area contributed by atoms with Crippen LogP contribution in [0.1, 0.15) is 0 Å². The van der Waals surface area contributed by atoms with Crippen LogP contribution in [0.4, 0.5) is 0 Å². The molecule has 4 N–H and O–H groups in total. The monoisotopic (exact) mass is 346 g/mol. The first kappa shape index (κ1) is 26.1. The van der Waals surface area contributed by atoms with Crippen molar-refractivity contribution in [1.82, 2.24) is 19.6 Å². The molecule has 0 unspecified atom stereocenters. The molecular formula is C14H30N6O4. The minimum Gasteiger partial charge on any atom is -0.478 e. The molecule has 0 aliphatic heterocycles. The molecule has 0 aromatic heterocycles. The predicted molar refractivity (Wildman–Crippen MR) is 94.6 cm³/mol. The summed E-state index contributed by atoms with van der Waals surface area (Å²) in [6.07, 6.45) is 1.12. The molecule has 10 nitrogen and oxygen atoms in total. The fourth-order valence-electron chi connectivity index (χ4n) is 0.943. The van der Waals surface area contributed by atoms with Crippen molar-refractivity contribution in [3.63, 3.8) is 0 Å². The average Bonchev–Trinajstić information content (AvgIpc) is 2.44. The molecule has 0 bridgehead atoms. The van der Waals surface area contributed by atoms with Gasteiger partial charge in [0.25, 0.3) is 0 Å². The van der Waals surface area contributed by atoms with Crippen LogP contribution in [-0.4, -0.2) is 110 Å². The number of carboxylic acids is 2. The van der Waals surface area contributed by atoms with Gasteiger partial charge in [-0.05, 0) is 0 Å². The smallest absolute Gasteiger partial charge is 0.328 e. The largest absolute Gasteiger partial charge is 0.478 e. The third kappa shape index (κ3) is 19.2. The second-order valence-corrected chi connectivity index (χ2v) is 5.23. The van der Waals surface area contributed by atoms with E-state index < -0.39 is 11.9 Å². The van der Waals surface area contributed by atoms with Gasteiger partial charge in [0.15, 0.2) is 11.9 Å². The number of carbonyl (C=O) groups is 2. The van der Waals surface area contributed by atoms with Crippen molar-refractivity contribution >= 4 is 23.9 Å². The first-order valence-corrected chi connectivity index (χ1v) is 6.74. The van der Waals surface area contributed by atoms with Gasteiger partial charge in [-0.3, -0.25) is 10.8 Å². The lowest BCUT2D eigenvalue weighted by Gasteiger charge is -2.19. The molecule has 0 atom stereocenters. The first-order chi connectivity index (χ1) is 10.7. The number of nitrogens with one attached hydrogen (secondary N) is 2. The highest BCUT2D eigenvalue weighted by atomic mass is 16.4. The van der Waals surface area contributed by atoms with E-state index in [-0.39, 0.29) is 0 Å². The Bertz CT molecular complexity index is 385. The van der Waals surface area contributed by atoms with Gasteiger partial charge in [-0.1, -0.05) is 0 Å². The van der Waals surface area contributed by atoms with Gasteiger partial charge in [0, 0.05) is 68.5 Å². The second kappa shape index (κ2) is 13.9. The van der Waals surface area contributed by atoms with E-state index in [1.165, 1.54) is 0 Å². The van der Waals surface area contributed by atoms with E-state index in [1.54, 1.807) is 19.6 Å². The molecule has 0 aliphatic rings. The van der Waals surface area contributed by atoms with Crippen LogP contribution >= 0.6 is 0 Å². The lowest BCUT2D eigenvalue weighted by atomic mass is 10.5. The third-order valence-electron chi connectivity index (χ3n) is 2.06. The quantitative estimate of drug-likeness (QED) is 0.307. The highest BCUT2D eigenvalue weighted by Gasteiger charge is 1.98. The first-order valence-electron chi connectivity index (χ1n) is 6.74. The molecule has 0 saturated carbocycles. The van der Waals surface area contributed by atoms with Gasteiger partial charge in [-0.2, -0.15) is 0 Å². The molecule has 0 radical (unpaired) electrons. The maximum absolute atomic E-state index is 9.55. The van der Waals surface area contributed by atoms with E-state index in [9.17, 15) is 9.59 Å². The van der Waals surface area contributed by atoms with Gasteiger partial charge in [0.05, 0.1) is 0 Å². The summed E-state index contributed by atoms with van der Waals surface area (Å²) in [5.41, 5.74) is 0. The summed E-state index contributed by atoms with van der Waals surface area (Å²) in [6.45, 7) is 0. The number of rotatable bonds is 2. The van der Waals surface area contributed by atoms with Gasteiger partial charge in [0.1, 0.15) is 0 Å². The van der Waals surface area contributed by atoms with Gasteiger partial charge >= 0.3 is 11.9 Å². The maximum Gasteiger partial charge on any atom is 0.328 e. The fourth-order valence-corrected chi connectivity index (χ4v) is 0.943.